The molecule has 2 rings (SSSR count). The van der Waals surface area contributed by atoms with Crippen molar-refractivity contribution >= 4 is 15.9 Å². The van der Waals surface area contributed by atoms with Crippen molar-refractivity contribution in [2.75, 3.05) is 12.8 Å². The van der Waals surface area contributed by atoms with Crippen molar-refractivity contribution in [2.24, 2.45) is 0 Å². The lowest BCUT2D eigenvalue weighted by Crippen LogP contribution is -2.45. The van der Waals surface area contributed by atoms with Crippen LogP contribution in [0.25, 0.3) is 0 Å². The van der Waals surface area contributed by atoms with Gasteiger partial charge >= 0.3 is 0 Å². The Morgan fingerprint density at radius 1 is 1.63 bits per heavy atom. The second kappa shape index (κ2) is 5.30. The molecular formula is C11H18N4O3S. The average molecular weight is 286 g/mol. The number of aromatic nitrogens is 2. The van der Waals surface area contributed by atoms with Gasteiger partial charge in [0.2, 0.25) is 15.9 Å². The molecule has 8 heteroatoms. The van der Waals surface area contributed by atoms with E-state index in [9.17, 15) is 13.2 Å². The number of nitrogens with zero attached hydrogens (tertiary/aromatic N) is 2. The predicted octanol–water partition coefficient (Wildman–Crippen LogP) is -0.242. The third kappa shape index (κ3) is 3.13. The molecule has 1 aliphatic heterocycles. The van der Waals surface area contributed by atoms with E-state index in [-0.39, 0.29) is 5.91 Å². The maximum absolute atomic E-state index is 12.1. The second-order valence-electron chi connectivity index (χ2n) is 4.77. The fourth-order valence-corrected chi connectivity index (χ4v) is 3.38. The van der Waals surface area contributed by atoms with Gasteiger partial charge in [0.15, 0.2) is 0 Å². The molecule has 19 heavy (non-hydrogen) atoms. The summed E-state index contributed by atoms with van der Waals surface area (Å²) in [6.07, 6.45) is 4.08. The average Bonchev–Trinajstić information content (AvgIpc) is 2.93. The van der Waals surface area contributed by atoms with Crippen LogP contribution >= 0.6 is 0 Å². The summed E-state index contributed by atoms with van der Waals surface area (Å²) in [5, 5.41) is 9.42. The number of hydrogen-bond acceptors (Lipinski definition) is 4. The molecule has 0 radical (unpaired) electrons. The first-order chi connectivity index (χ1) is 8.89. The Labute approximate surface area is 112 Å². The zero-order chi connectivity index (χ0) is 14.0. The van der Waals surface area contributed by atoms with Crippen LogP contribution in [0.2, 0.25) is 0 Å². The summed E-state index contributed by atoms with van der Waals surface area (Å²) in [5.41, 5.74) is 1.80. The van der Waals surface area contributed by atoms with Crippen molar-refractivity contribution in [3.05, 3.63) is 17.5 Å². The van der Waals surface area contributed by atoms with E-state index in [4.69, 9.17) is 0 Å². The first kappa shape index (κ1) is 14.0. The number of carbonyl (C=O) groups is 1. The summed E-state index contributed by atoms with van der Waals surface area (Å²) in [7, 11) is -3.32. The van der Waals surface area contributed by atoms with E-state index in [0.717, 1.165) is 23.9 Å². The van der Waals surface area contributed by atoms with Crippen molar-refractivity contribution in [3.63, 3.8) is 0 Å². The van der Waals surface area contributed by atoms with Crippen LogP contribution in [0.15, 0.2) is 6.20 Å². The van der Waals surface area contributed by atoms with Crippen LogP contribution in [-0.2, 0) is 21.4 Å². The van der Waals surface area contributed by atoms with Crippen LogP contribution in [0.1, 0.15) is 24.1 Å². The molecule has 0 bridgehead atoms. The van der Waals surface area contributed by atoms with E-state index in [1.165, 1.54) is 4.31 Å². The van der Waals surface area contributed by atoms with Gasteiger partial charge in [-0.3, -0.25) is 9.89 Å². The molecule has 1 atom stereocenters. The number of nitrogens with one attached hydrogen (secondary N) is 2. The number of H-pyrrole nitrogens is 1. The first-order valence-corrected chi connectivity index (χ1v) is 7.98. The van der Waals surface area contributed by atoms with Gasteiger partial charge in [0.05, 0.1) is 12.5 Å². The minimum Gasteiger partial charge on any atom is -0.351 e. The van der Waals surface area contributed by atoms with Crippen molar-refractivity contribution in [1.82, 2.24) is 19.8 Å². The molecule has 0 aromatic carbocycles. The smallest absolute Gasteiger partial charge is 0.238 e. The van der Waals surface area contributed by atoms with Gasteiger partial charge in [-0.1, -0.05) is 0 Å². The fraction of sp³-hybridized carbons (Fsp3) is 0.636. The Balaban J connectivity index is 1.98. The molecular weight excluding hydrogens is 268 g/mol. The van der Waals surface area contributed by atoms with Crippen LogP contribution in [-0.4, -0.2) is 47.7 Å². The molecule has 2 N–H and O–H groups in total. The molecule has 1 aromatic heterocycles. The molecule has 1 saturated heterocycles. The summed E-state index contributed by atoms with van der Waals surface area (Å²) in [5.74, 6) is -0.247. The standard InChI is InChI=1S/C11H18N4O3S/c1-8-9(7-13-14-8)6-12-11(16)10-4-3-5-15(10)19(2,17)18/h7,10H,3-6H2,1-2H3,(H,12,16)(H,13,14). The van der Waals surface area contributed by atoms with Crippen LogP contribution in [0.5, 0.6) is 0 Å². The molecule has 106 valence electrons. The molecule has 1 aliphatic rings. The highest BCUT2D eigenvalue weighted by Gasteiger charge is 2.36. The molecule has 1 aromatic rings. The zero-order valence-electron chi connectivity index (χ0n) is 11.0. The highest BCUT2D eigenvalue weighted by atomic mass is 32.2. The quantitative estimate of drug-likeness (QED) is 0.798. The Morgan fingerprint density at radius 2 is 2.37 bits per heavy atom. The molecule has 1 unspecified atom stereocenters. The van der Waals surface area contributed by atoms with E-state index < -0.39 is 16.1 Å². The van der Waals surface area contributed by atoms with Crippen molar-refractivity contribution < 1.29 is 13.2 Å². The van der Waals surface area contributed by atoms with Gasteiger partial charge in [0.25, 0.3) is 0 Å². The zero-order valence-corrected chi connectivity index (χ0v) is 11.8. The van der Waals surface area contributed by atoms with Gasteiger partial charge in [-0.15, -0.1) is 0 Å². The van der Waals surface area contributed by atoms with Crippen LogP contribution < -0.4 is 5.32 Å². The minimum atomic E-state index is -3.32. The van der Waals surface area contributed by atoms with Gasteiger partial charge in [-0.2, -0.15) is 9.40 Å². The Morgan fingerprint density at radius 3 is 2.95 bits per heavy atom. The number of aromatic amines is 1. The third-order valence-corrected chi connectivity index (χ3v) is 4.61. The summed E-state index contributed by atoms with van der Waals surface area (Å²) in [6.45, 7) is 2.64. The van der Waals surface area contributed by atoms with Crippen LogP contribution in [0, 0.1) is 6.92 Å². The Hall–Kier alpha value is -1.41. The molecule has 7 nitrogen and oxygen atoms in total. The van der Waals surface area contributed by atoms with Crippen molar-refractivity contribution in [3.8, 4) is 0 Å². The third-order valence-electron chi connectivity index (χ3n) is 3.32. The summed E-state index contributed by atoms with van der Waals surface area (Å²) < 4.78 is 24.4. The molecule has 0 aliphatic carbocycles. The van der Waals surface area contributed by atoms with Gasteiger partial charge in [-0.05, 0) is 19.8 Å². The lowest BCUT2D eigenvalue weighted by molar-refractivity contribution is -0.124. The van der Waals surface area contributed by atoms with E-state index in [1.54, 1.807) is 6.20 Å². The van der Waals surface area contributed by atoms with Gasteiger partial charge in [0, 0.05) is 24.3 Å². The van der Waals surface area contributed by atoms with E-state index in [0.29, 0.717) is 19.5 Å². The lowest BCUT2D eigenvalue weighted by atomic mass is 10.2. The monoisotopic (exact) mass is 286 g/mol. The topological polar surface area (TPSA) is 95.2 Å². The number of rotatable bonds is 4. The maximum atomic E-state index is 12.1. The summed E-state index contributed by atoms with van der Waals surface area (Å²) >= 11 is 0. The van der Waals surface area contributed by atoms with Crippen LogP contribution in [0.3, 0.4) is 0 Å². The lowest BCUT2D eigenvalue weighted by Gasteiger charge is -2.21. The Kier molecular flexibility index (Phi) is 3.91. The van der Waals surface area contributed by atoms with Crippen molar-refractivity contribution in [1.29, 1.82) is 0 Å². The van der Waals surface area contributed by atoms with E-state index in [2.05, 4.69) is 15.5 Å². The number of hydrogen-bond donors (Lipinski definition) is 2. The van der Waals surface area contributed by atoms with Gasteiger partial charge in [0.1, 0.15) is 6.04 Å². The SMILES string of the molecule is Cc1[nH]ncc1CNC(=O)C1CCCN1S(C)(=O)=O. The highest BCUT2D eigenvalue weighted by molar-refractivity contribution is 7.88. The molecule has 1 amide bonds. The summed E-state index contributed by atoms with van der Waals surface area (Å²) in [4.78, 5) is 12.1. The Bertz CT molecular complexity index is 566. The number of amides is 1. The predicted molar refractivity (Wildman–Crippen MR) is 69.7 cm³/mol. The first-order valence-electron chi connectivity index (χ1n) is 6.13. The maximum Gasteiger partial charge on any atom is 0.238 e. The van der Waals surface area contributed by atoms with Crippen molar-refractivity contribution in [2.45, 2.75) is 32.4 Å². The second-order valence-corrected chi connectivity index (χ2v) is 6.70. The molecule has 1 fully saturated rings. The van der Waals surface area contributed by atoms with E-state index >= 15 is 0 Å². The van der Waals surface area contributed by atoms with E-state index in [1.807, 2.05) is 6.92 Å². The molecule has 0 spiro atoms. The fourth-order valence-electron chi connectivity index (χ4n) is 2.25. The minimum absolute atomic E-state index is 0.247. The molecule has 0 saturated carbocycles. The number of carbonyl (C=O) groups excluding carboxylic acids is 1. The normalized spacial score (nSPS) is 20.6. The highest BCUT2D eigenvalue weighted by Crippen LogP contribution is 2.20. The summed E-state index contributed by atoms with van der Waals surface area (Å²) in [6, 6.07) is -0.581. The number of aryl methyl sites for hydroxylation is 1. The van der Waals surface area contributed by atoms with Gasteiger partial charge < -0.3 is 5.32 Å². The van der Waals surface area contributed by atoms with Crippen LogP contribution in [0.4, 0.5) is 0 Å². The van der Waals surface area contributed by atoms with Gasteiger partial charge in [-0.25, -0.2) is 8.42 Å². The largest absolute Gasteiger partial charge is 0.351 e. The number of sulfonamides is 1. The molecule has 2 heterocycles.